The van der Waals surface area contributed by atoms with E-state index < -0.39 is 5.82 Å². The van der Waals surface area contributed by atoms with E-state index in [2.05, 4.69) is 10.6 Å². The van der Waals surface area contributed by atoms with E-state index in [9.17, 15) is 9.18 Å². The molecule has 1 aromatic carbocycles. The van der Waals surface area contributed by atoms with Gasteiger partial charge in [-0.1, -0.05) is 11.6 Å². The standard InChI is InChI=1S/C13H16ClFN2O/c1-8-12(3-2-6-16-8)17-13(18)9-4-5-11(15)10(14)7-9/h4-5,7-8,12,16H,2-3,6H2,1H3,(H,17,18). The maximum absolute atomic E-state index is 13.0. The highest BCUT2D eigenvalue weighted by molar-refractivity contribution is 6.31. The van der Waals surface area contributed by atoms with Crippen molar-refractivity contribution < 1.29 is 9.18 Å². The Morgan fingerprint density at radius 2 is 2.33 bits per heavy atom. The summed E-state index contributed by atoms with van der Waals surface area (Å²) in [7, 11) is 0. The molecule has 2 rings (SSSR count). The molecule has 0 radical (unpaired) electrons. The fraction of sp³-hybridized carbons (Fsp3) is 0.462. The zero-order valence-electron chi connectivity index (χ0n) is 10.2. The van der Waals surface area contributed by atoms with Gasteiger partial charge in [-0.25, -0.2) is 4.39 Å². The summed E-state index contributed by atoms with van der Waals surface area (Å²) in [5, 5.41) is 6.23. The first-order chi connectivity index (χ1) is 8.58. The summed E-state index contributed by atoms with van der Waals surface area (Å²) in [5.41, 5.74) is 0.388. The summed E-state index contributed by atoms with van der Waals surface area (Å²) in [4.78, 5) is 12.0. The molecule has 18 heavy (non-hydrogen) atoms. The molecule has 0 spiro atoms. The van der Waals surface area contributed by atoms with Gasteiger partial charge in [0.2, 0.25) is 0 Å². The molecule has 2 unspecified atom stereocenters. The Hall–Kier alpha value is -1.13. The van der Waals surface area contributed by atoms with Crippen molar-refractivity contribution in [1.82, 2.24) is 10.6 Å². The predicted octanol–water partition coefficient (Wildman–Crippen LogP) is 2.35. The van der Waals surface area contributed by atoms with Crippen LogP contribution >= 0.6 is 11.6 Å². The lowest BCUT2D eigenvalue weighted by Crippen LogP contribution is -2.51. The van der Waals surface area contributed by atoms with Crippen LogP contribution in [-0.2, 0) is 0 Å². The minimum atomic E-state index is -0.513. The van der Waals surface area contributed by atoms with Gasteiger partial charge in [0, 0.05) is 17.6 Å². The van der Waals surface area contributed by atoms with E-state index in [4.69, 9.17) is 11.6 Å². The van der Waals surface area contributed by atoms with E-state index in [1.54, 1.807) is 0 Å². The lowest BCUT2D eigenvalue weighted by atomic mass is 9.99. The molecule has 2 N–H and O–H groups in total. The van der Waals surface area contributed by atoms with Crippen LogP contribution in [0.4, 0.5) is 4.39 Å². The van der Waals surface area contributed by atoms with E-state index in [1.165, 1.54) is 18.2 Å². The second-order valence-electron chi connectivity index (χ2n) is 4.59. The molecule has 0 bridgehead atoms. The van der Waals surface area contributed by atoms with Gasteiger partial charge in [0.05, 0.1) is 5.02 Å². The number of carbonyl (C=O) groups excluding carboxylic acids is 1. The van der Waals surface area contributed by atoms with Crippen LogP contribution in [-0.4, -0.2) is 24.5 Å². The van der Waals surface area contributed by atoms with E-state index in [0.717, 1.165) is 19.4 Å². The summed E-state index contributed by atoms with van der Waals surface area (Å²) < 4.78 is 13.0. The lowest BCUT2D eigenvalue weighted by molar-refractivity contribution is 0.0920. The first-order valence-electron chi connectivity index (χ1n) is 6.07. The number of rotatable bonds is 2. The Balaban J connectivity index is 2.04. The Morgan fingerprint density at radius 1 is 1.56 bits per heavy atom. The van der Waals surface area contributed by atoms with Crippen molar-refractivity contribution >= 4 is 17.5 Å². The maximum Gasteiger partial charge on any atom is 0.251 e. The highest BCUT2D eigenvalue weighted by Crippen LogP contribution is 2.16. The van der Waals surface area contributed by atoms with Crippen molar-refractivity contribution in [3.63, 3.8) is 0 Å². The Kier molecular flexibility index (Phi) is 4.19. The van der Waals surface area contributed by atoms with Crippen LogP contribution in [0, 0.1) is 5.82 Å². The molecule has 98 valence electrons. The molecule has 1 fully saturated rings. The second kappa shape index (κ2) is 5.67. The minimum absolute atomic E-state index is 0.0301. The van der Waals surface area contributed by atoms with Gasteiger partial charge >= 0.3 is 0 Å². The highest BCUT2D eigenvalue weighted by Gasteiger charge is 2.22. The number of benzene rings is 1. The third-order valence-electron chi connectivity index (χ3n) is 3.26. The van der Waals surface area contributed by atoms with Gasteiger partial charge in [0.1, 0.15) is 5.82 Å². The van der Waals surface area contributed by atoms with E-state index in [1.807, 2.05) is 6.92 Å². The summed E-state index contributed by atoms with van der Waals surface area (Å²) in [6, 6.07) is 4.36. The number of hydrogen-bond donors (Lipinski definition) is 2. The Bertz CT molecular complexity index is 453. The average molecular weight is 271 g/mol. The second-order valence-corrected chi connectivity index (χ2v) is 5.00. The van der Waals surface area contributed by atoms with Gasteiger partial charge in [-0.05, 0) is 44.5 Å². The molecule has 1 aliphatic rings. The van der Waals surface area contributed by atoms with Crippen molar-refractivity contribution in [2.75, 3.05) is 6.54 Å². The van der Waals surface area contributed by atoms with Crippen molar-refractivity contribution in [2.45, 2.75) is 31.8 Å². The molecule has 1 amide bonds. The van der Waals surface area contributed by atoms with Gasteiger partial charge in [-0.15, -0.1) is 0 Å². The first-order valence-corrected chi connectivity index (χ1v) is 6.45. The molecule has 1 aromatic rings. The Labute approximate surface area is 111 Å². The lowest BCUT2D eigenvalue weighted by Gasteiger charge is -2.30. The number of carbonyl (C=O) groups is 1. The Morgan fingerprint density at radius 3 is 3.00 bits per heavy atom. The average Bonchev–Trinajstić information content (AvgIpc) is 2.35. The van der Waals surface area contributed by atoms with Crippen LogP contribution < -0.4 is 10.6 Å². The molecular weight excluding hydrogens is 255 g/mol. The summed E-state index contributed by atoms with van der Waals surface area (Å²) in [5.74, 6) is -0.724. The quantitative estimate of drug-likeness (QED) is 0.866. The van der Waals surface area contributed by atoms with Crippen LogP contribution in [0.2, 0.25) is 5.02 Å². The minimum Gasteiger partial charge on any atom is -0.348 e. The predicted molar refractivity (Wildman–Crippen MR) is 69.4 cm³/mol. The van der Waals surface area contributed by atoms with Crippen LogP contribution in [0.15, 0.2) is 18.2 Å². The summed E-state index contributed by atoms with van der Waals surface area (Å²) in [6.45, 7) is 3.03. The molecule has 0 saturated carbocycles. The van der Waals surface area contributed by atoms with Crippen LogP contribution in [0.25, 0.3) is 0 Å². The number of amides is 1. The van der Waals surface area contributed by atoms with Gasteiger partial charge in [0.15, 0.2) is 0 Å². The van der Waals surface area contributed by atoms with Crippen molar-refractivity contribution in [1.29, 1.82) is 0 Å². The maximum atomic E-state index is 13.0. The molecule has 5 heteroatoms. The van der Waals surface area contributed by atoms with E-state index in [-0.39, 0.29) is 23.0 Å². The number of nitrogens with one attached hydrogen (secondary N) is 2. The third-order valence-corrected chi connectivity index (χ3v) is 3.55. The smallest absolute Gasteiger partial charge is 0.251 e. The topological polar surface area (TPSA) is 41.1 Å². The number of piperidine rings is 1. The van der Waals surface area contributed by atoms with Crippen molar-refractivity contribution in [3.8, 4) is 0 Å². The monoisotopic (exact) mass is 270 g/mol. The summed E-state index contributed by atoms with van der Waals surface area (Å²) >= 11 is 5.66. The van der Waals surface area contributed by atoms with Crippen molar-refractivity contribution in [2.24, 2.45) is 0 Å². The van der Waals surface area contributed by atoms with Gasteiger partial charge < -0.3 is 10.6 Å². The SMILES string of the molecule is CC1NCCCC1NC(=O)c1ccc(F)c(Cl)c1. The highest BCUT2D eigenvalue weighted by atomic mass is 35.5. The fourth-order valence-electron chi connectivity index (χ4n) is 2.13. The molecule has 1 heterocycles. The normalized spacial score (nSPS) is 23.7. The van der Waals surface area contributed by atoms with Crippen molar-refractivity contribution in [3.05, 3.63) is 34.6 Å². The molecule has 0 aromatic heterocycles. The summed E-state index contributed by atoms with van der Waals surface area (Å²) in [6.07, 6.45) is 1.99. The van der Waals surface area contributed by atoms with E-state index in [0.29, 0.717) is 5.56 Å². The van der Waals surface area contributed by atoms with Gasteiger partial charge in [-0.3, -0.25) is 4.79 Å². The fourth-order valence-corrected chi connectivity index (χ4v) is 2.31. The van der Waals surface area contributed by atoms with Crippen LogP contribution in [0.3, 0.4) is 0 Å². The van der Waals surface area contributed by atoms with Crippen LogP contribution in [0.1, 0.15) is 30.1 Å². The van der Waals surface area contributed by atoms with E-state index >= 15 is 0 Å². The number of halogens is 2. The zero-order valence-corrected chi connectivity index (χ0v) is 10.9. The third kappa shape index (κ3) is 3.00. The zero-order chi connectivity index (χ0) is 13.1. The molecule has 0 aliphatic carbocycles. The van der Waals surface area contributed by atoms with Gasteiger partial charge in [-0.2, -0.15) is 0 Å². The molecule has 1 saturated heterocycles. The largest absolute Gasteiger partial charge is 0.348 e. The molecule has 3 nitrogen and oxygen atoms in total. The number of hydrogen-bond acceptors (Lipinski definition) is 2. The van der Waals surface area contributed by atoms with Gasteiger partial charge in [0.25, 0.3) is 5.91 Å². The molecule has 2 atom stereocenters. The first kappa shape index (κ1) is 13.3. The molecule has 1 aliphatic heterocycles. The van der Waals surface area contributed by atoms with Crippen LogP contribution in [0.5, 0.6) is 0 Å². The molecular formula is C13H16ClFN2O.